The number of carbonyl (C=O) groups excluding carboxylic acids is 2. The number of phenols is 1. The van der Waals surface area contributed by atoms with Crippen molar-refractivity contribution in [3.8, 4) is 27.8 Å². The molecule has 3 aromatic heterocycles. The van der Waals surface area contributed by atoms with E-state index in [1.165, 1.54) is 35.6 Å². The third-order valence-electron chi connectivity index (χ3n) is 5.38. The first-order chi connectivity index (χ1) is 17.9. The van der Waals surface area contributed by atoms with E-state index in [9.17, 15) is 19.1 Å². The standard InChI is InChI=1S/C26H20FN5O4S/c1-32-14-28-13-19(32)23-11-18-26(37-23)22(8-9-29-18)36-21-7-6-15(10-16(21)27)30-24(34)12-25(35)31-17-4-2-3-5-20(17)33/h2-11,13-14,33H,12H2,1H3,(H,30,34)(H,31,35). The summed E-state index contributed by atoms with van der Waals surface area (Å²) in [6.07, 6.45) is 4.54. The van der Waals surface area contributed by atoms with Gasteiger partial charge in [-0.15, -0.1) is 11.3 Å². The Morgan fingerprint density at radius 3 is 2.65 bits per heavy atom. The van der Waals surface area contributed by atoms with Gasteiger partial charge in [-0.2, -0.15) is 0 Å². The number of phenolic OH excluding ortho intramolecular Hbond substituents is 1. The maximum Gasteiger partial charge on any atom is 0.233 e. The molecule has 5 aromatic rings. The number of aromatic nitrogens is 3. The van der Waals surface area contributed by atoms with Crippen molar-refractivity contribution < 1.29 is 23.8 Å². The number of para-hydroxylation sites is 2. The number of anilines is 2. The van der Waals surface area contributed by atoms with Crippen LogP contribution in [-0.4, -0.2) is 31.5 Å². The number of imidazole rings is 1. The molecule has 0 bridgehead atoms. The Hall–Kier alpha value is -4.77. The van der Waals surface area contributed by atoms with Crippen molar-refractivity contribution in [2.75, 3.05) is 10.6 Å². The summed E-state index contributed by atoms with van der Waals surface area (Å²) < 4.78 is 23.4. The molecule has 0 aliphatic rings. The van der Waals surface area contributed by atoms with Crippen molar-refractivity contribution in [1.29, 1.82) is 0 Å². The van der Waals surface area contributed by atoms with Crippen LogP contribution < -0.4 is 15.4 Å². The molecule has 11 heteroatoms. The maximum absolute atomic E-state index is 14.9. The van der Waals surface area contributed by atoms with Crippen LogP contribution in [0.2, 0.25) is 0 Å². The van der Waals surface area contributed by atoms with Crippen molar-refractivity contribution in [1.82, 2.24) is 14.5 Å². The molecule has 9 nitrogen and oxygen atoms in total. The molecule has 2 amide bonds. The molecule has 0 unspecified atom stereocenters. The lowest BCUT2D eigenvalue weighted by Gasteiger charge is -2.10. The Bertz CT molecular complexity index is 1630. The predicted octanol–water partition coefficient (Wildman–Crippen LogP) is 5.30. The van der Waals surface area contributed by atoms with Gasteiger partial charge in [0.15, 0.2) is 11.6 Å². The lowest BCUT2D eigenvalue weighted by molar-refractivity contribution is -0.123. The molecule has 0 aliphatic carbocycles. The van der Waals surface area contributed by atoms with Gasteiger partial charge in [0.05, 0.1) is 39.0 Å². The number of halogens is 1. The van der Waals surface area contributed by atoms with Crippen molar-refractivity contribution in [3.63, 3.8) is 0 Å². The molecule has 0 aliphatic heterocycles. The fraction of sp³-hybridized carbons (Fsp3) is 0.0769. The molecule has 0 spiro atoms. The highest BCUT2D eigenvalue weighted by molar-refractivity contribution is 7.22. The summed E-state index contributed by atoms with van der Waals surface area (Å²) in [4.78, 5) is 33.8. The van der Waals surface area contributed by atoms with E-state index in [2.05, 4.69) is 20.6 Å². The number of aryl methyl sites for hydroxylation is 1. The van der Waals surface area contributed by atoms with E-state index in [-0.39, 0.29) is 22.9 Å². The van der Waals surface area contributed by atoms with E-state index >= 15 is 0 Å². The second kappa shape index (κ2) is 10.1. The first-order valence-corrected chi connectivity index (χ1v) is 11.9. The van der Waals surface area contributed by atoms with E-state index < -0.39 is 24.1 Å². The van der Waals surface area contributed by atoms with Crippen molar-refractivity contribution in [2.24, 2.45) is 7.05 Å². The van der Waals surface area contributed by atoms with Crippen LogP contribution in [0, 0.1) is 5.82 Å². The molecular formula is C26H20FN5O4S. The number of ether oxygens (including phenoxy) is 1. The van der Waals surface area contributed by atoms with Crippen LogP contribution in [0.15, 0.2) is 73.3 Å². The summed E-state index contributed by atoms with van der Waals surface area (Å²) in [7, 11) is 1.90. The van der Waals surface area contributed by atoms with Crippen LogP contribution >= 0.6 is 11.3 Å². The van der Waals surface area contributed by atoms with Gasteiger partial charge in [-0.25, -0.2) is 9.37 Å². The number of benzene rings is 2. The minimum Gasteiger partial charge on any atom is -0.506 e. The Kier molecular flexibility index (Phi) is 6.52. The highest BCUT2D eigenvalue weighted by Crippen LogP contribution is 2.39. The number of carbonyl (C=O) groups is 2. The molecule has 37 heavy (non-hydrogen) atoms. The number of aromatic hydroxyl groups is 1. The third kappa shape index (κ3) is 5.26. The van der Waals surface area contributed by atoms with Gasteiger partial charge < -0.3 is 25.0 Å². The summed E-state index contributed by atoms with van der Waals surface area (Å²) in [6.45, 7) is 0. The van der Waals surface area contributed by atoms with Gasteiger partial charge in [0.25, 0.3) is 0 Å². The number of nitrogens with one attached hydrogen (secondary N) is 2. The monoisotopic (exact) mass is 517 g/mol. The van der Waals surface area contributed by atoms with Crippen LogP contribution in [0.4, 0.5) is 15.8 Å². The zero-order valence-electron chi connectivity index (χ0n) is 19.4. The number of fused-ring (bicyclic) bond motifs is 1. The van der Waals surface area contributed by atoms with Gasteiger partial charge in [0.1, 0.15) is 17.9 Å². The topological polar surface area (TPSA) is 118 Å². The van der Waals surface area contributed by atoms with E-state index in [0.29, 0.717) is 11.3 Å². The molecule has 0 saturated carbocycles. The number of pyridine rings is 1. The second-order valence-corrected chi connectivity index (χ2v) is 9.11. The largest absolute Gasteiger partial charge is 0.506 e. The highest BCUT2D eigenvalue weighted by Gasteiger charge is 2.16. The lowest BCUT2D eigenvalue weighted by atomic mass is 10.2. The summed E-state index contributed by atoms with van der Waals surface area (Å²) >= 11 is 1.46. The van der Waals surface area contributed by atoms with Crippen LogP contribution in [-0.2, 0) is 16.6 Å². The number of hydrogen-bond donors (Lipinski definition) is 3. The fourth-order valence-electron chi connectivity index (χ4n) is 3.62. The number of nitrogens with zero attached hydrogens (tertiary/aromatic N) is 3. The van der Waals surface area contributed by atoms with Crippen LogP contribution in [0.25, 0.3) is 20.8 Å². The minimum atomic E-state index is -0.690. The number of amides is 2. The van der Waals surface area contributed by atoms with Crippen LogP contribution in [0.5, 0.6) is 17.2 Å². The third-order valence-corrected chi connectivity index (χ3v) is 6.54. The first kappa shape index (κ1) is 23.9. The average Bonchev–Trinajstić information content (AvgIpc) is 3.48. The maximum atomic E-state index is 14.9. The highest BCUT2D eigenvalue weighted by atomic mass is 32.1. The average molecular weight is 518 g/mol. The van der Waals surface area contributed by atoms with Crippen molar-refractivity contribution in [3.05, 3.63) is 79.1 Å². The van der Waals surface area contributed by atoms with Crippen molar-refractivity contribution >= 4 is 44.7 Å². The number of hydrogen-bond acceptors (Lipinski definition) is 7. The quantitative estimate of drug-likeness (QED) is 0.199. The molecule has 186 valence electrons. The zero-order chi connectivity index (χ0) is 25.9. The van der Waals surface area contributed by atoms with Gasteiger partial charge in [-0.1, -0.05) is 12.1 Å². The summed E-state index contributed by atoms with van der Waals surface area (Å²) in [5, 5.41) is 14.7. The Morgan fingerprint density at radius 1 is 1.08 bits per heavy atom. The van der Waals surface area contributed by atoms with Gasteiger partial charge >= 0.3 is 0 Å². The van der Waals surface area contributed by atoms with Gasteiger partial charge in [-0.3, -0.25) is 14.6 Å². The molecule has 2 aromatic carbocycles. The van der Waals surface area contributed by atoms with Gasteiger partial charge in [0, 0.05) is 31.1 Å². The van der Waals surface area contributed by atoms with Crippen molar-refractivity contribution in [2.45, 2.75) is 6.42 Å². The van der Waals surface area contributed by atoms with E-state index in [1.807, 2.05) is 17.7 Å². The summed E-state index contributed by atoms with van der Waals surface area (Å²) in [5.74, 6) is -1.65. The first-order valence-electron chi connectivity index (χ1n) is 11.1. The normalized spacial score (nSPS) is 10.9. The summed E-state index contributed by atoms with van der Waals surface area (Å²) in [5.41, 5.74) is 2.00. The second-order valence-electron chi connectivity index (χ2n) is 8.06. The van der Waals surface area contributed by atoms with Gasteiger partial charge in [-0.05, 0) is 30.3 Å². The minimum absolute atomic E-state index is 0.0294. The molecule has 0 fully saturated rings. The van der Waals surface area contributed by atoms with Crippen LogP contribution in [0.3, 0.4) is 0 Å². The lowest BCUT2D eigenvalue weighted by Crippen LogP contribution is -2.21. The SMILES string of the molecule is Cn1cncc1-c1cc2nccc(Oc3ccc(NC(=O)CC(=O)Nc4ccccc4O)cc3F)c2s1. The zero-order valence-corrected chi connectivity index (χ0v) is 20.3. The Labute approximate surface area is 214 Å². The molecule has 3 N–H and O–H groups in total. The number of rotatable bonds is 7. The molecule has 5 rings (SSSR count). The van der Waals surface area contributed by atoms with Gasteiger partial charge in [0.2, 0.25) is 11.8 Å². The predicted molar refractivity (Wildman–Crippen MR) is 138 cm³/mol. The fourth-order valence-corrected chi connectivity index (χ4v) is 4.74. The Balaban J connectivity index is 1.26. The molecule has 0 saturated heterocycles. The Morgan fingerprint density at radius 2 is 1.89 bits per heavy atom. The molecular weight excluding hydrogens is 497 g/mol. The number of thiophene rings is 1. The summed E-state index contributed by atoms with van der Waals surface area (Å²) in [6, 6.07) is 13.7. The molecule has 3 heterocycles. The smallest absolute Gasteiger partial charge is 0.233 e. The van der Waals surface area contributed by atoms with E-state index in [1.54, 1.807) is 36.9 Å². The van der Waals surface area contributed by atoms with Crippen LogP contribution in [0.1, 0.15) is 6.42 Å². The van der Waals surface area contributed by atoms with E-state index in [4.69, 9.17) is 4.74 Å². The van der Waals surface area contributed by atoms with E-state index in [0.717, 1.165) is 21.3 Å². The molecule has 0 radical (unpaired) electrons. The molecule has 0 atom stereocenters.